The number of nitrogens with one attached hydrogen (secondary N) is 6. The summed E-state index contributed by atoms with van der Waals surface area (Å²) in [5, 5.41) is 18.6. The standard InChI is InChI=1S/C36H30N12O6S2.2Na/c49-55(50,51)29-19-15-27(16-20-29)41-35-45-31(37-23-7-3-1-4-8-23)43-33(47-35)39-25-11-13-26(14-12-25)40-34-44-32(38-24-9-5-2-6-10-24)46-36(48-34)42-28-17-21-30(22-18-28)56(52,53)54;;/h1-22H,(H,49,50,51)(H,52,53,54)(H3,37,39,41,43,45,47)(H3,38,40,42,44,46,48);;/q;2*+1/p-2. The van der Waals surface area contributed by atoms with Gasteiger partial charge in [-0.25, -0.2) is 16.8 Å². The second-order valence-corrected chi connectivity index (χ2v) is 14.4. The minimum atomic E-state index is -4.61. The summed E-state index contributed by atoms with van der Waals surface area (Å²) < 4.78 is 68.2. The van der Waals surface area contributed by atoms with Crippen LogP contribution in [0.4, 0.5) is 69.8 Å². The molecular weight excluding hydrogens is 807 g/mol. The van der Waals surface area contributed by atoms with Crippen molar-refractivity contribution in [2.45, 2.75) is 9.79 Å². The Kier molecular flexibility index (Phi) is 14.7. The molecule has 0 atom stereocenters. The van der Waals surface area contributed by atoms with E-state index in [1.807, 2.05) is 60.7 Å². The van der Waals surface area contributed by atoms with Gasteiger partial charge in [-0.2, -0.15) is 29.9 Å². The summed E-state index contributed by atoms with van der Waals surface area (Å²) in [7, 11) is -9.22. The van der Waals surface area contributed by atoms with Crippen LogP contribution in [-0.2, 0) is 20.2 Å². The number of hydrogen-bond acceptors (Lipinski definition) is 18. The van der Waals surface area contributed by atoms with E-state index in [9.17, 15) is 25.9 Å². The average molecular weight is 835 g/mol. The van der Waals surface area contributed by atoms with Gasteiger partial charge in [0.15, 0.2) is 0 Å². The first-order valence-corrected chi connectivity index (χ1v) is 19.2. The monoisotopic (exact) mass is 834 g/mol. The van der Waals surface area contributed by atoms with Crippen LogP contribution in [0, 0.1) is 0 Å². The Morgan fingerprint density at radius 1 is 0.310 bits per heavy atom. The Bertz CT molecular complexity index is 2500. The fourth-order valence-corrected chi connectivity index (χ4v) is 5.89. The number of benzene rings is 5. The smallest absolute Gasteiger partial charge is 0.744 e. The van der Waals surface area contributed by atoms with Crippen LogP contribution in [0.25, 0.3) is 0 Å². The van der Waals surface area contributed by atoms with Gasteiger partial charge in [-0.3, -0.25) is 0 Å². The van der Waals surface area contributed by atoms with Gasteiger partial charge in [0.25, 0.3) is 0 Å². The van der Waals surface area contributed by atoms with Crippen molar-refractivity contribution in [2.75, 3.05) is 31.9 Å². The molecule has 18 nitrogen and oxygen atoms in total. The number of anilines is 12. The van der Waals surface area contributed by atoms with Gasteiger partial charge >= 0.3 is 59.1 Å². The van der Waals surface area contributed by atoms with E-state index in [4.69, 9.17) is 0 Å². The predicted octanol–water partition coefficient (Wildman–Crippen LogP) is 0.334. The largest absolute Gasteiger partial charge is 1.00 e. The summed E-state index contributed by atoms with van der Waals surface area (Å²) in [6.45, 7) is 0. The van der Waals surface area contributed by atoms with E-state index in [0.29, 0.717) is 22.7 Å². The normalized spacial score (nSPS) is 10.9. The molecule has 0 aliphatic heterocycles. The van der Waals surface area contributed by atoms with Crippen molar-refractivity contribution in [3.05, 3.63) is 133 Å². The molecule has 0 spiro atoms. The maximum absolute atomic E-state index is 11.4. The minimum absolute atomic E-state index is 0. The summed E-state index contributed by atoms with van der Waals surface area (Å²) in [4.78, 5) is 26.1. The van der Waals surface area contributed by atoms with Crippen molar-refractivity contribution in [2.24, 2.45) is 0 Å². The SMILES string of the molecule is O=S(=O)([O-])c1ccc(Nc2nc(Nc3ccccc3)nc(Nc3ccc(Nc4nc(Nc5ccccc5)nc(Nc5ccc(S(=O)(=O)[O-])cc5)n4)cc3)n2)cc1.[Na+].[Na+]. The molecule has 0 bridgehead atoms. The molecule has 2 aromatic heterocycles. The van der Waals surface area contributed by atoms with Gasteiger partial charge in [0.2, 0.25) is 35.7 Å². The number of nitrogens with zero attached hydrogens (tertiary/aromatic N) is 6. The molecule has 0 saturated carbocycles. The maximum Gasteiger partial charge on any atom is 1.00 e. The van der Waals surface area contributed by atoms with Crippen molar-refractivity contribution in [1.82, 2.24) is 29.9 Å². The first-order valence-electron chi connectivity index (χ1n) is 16.4. The van der Waals surface area contributed by atoms with E-state index in [2.05, 4.69) is 61.8 Å². The zero-order valence-electron chi connectivity index (χ0n) is 30.7. The van der Waals surface area contributed by atoms with Gasteiger partial charge in [0, 0.05) is 34.1 Å². The molecular formula is C36H28N12Na2O6S2. The van der Waals surface area contributed by atoms with Gasteiger partial charge in [0.05, 0.1) is 9.79 Å². The van der Waals surface area contributed by atoms with E-state index in [1.165, 1.54) is 48.5 Å². The van der Waals surface area contributed by atoms with E-state index in [1.54, 1.807) is 24.3 Å². The third-order valence-corrected chi connectivity index (χ3v) is 9.23. The second kappa shape index (κ2) is 19.5. The summed E-state index contributed by atoms with van der Waals surface area (Å²) >= 11 is 0. The third-order valence-electron chi connectivity index (χ3n) is 7.53. The van der Waals surface area contributed by atoms with E-state index in [0.717, 1.165) is 11.4 Å². The van der Waals surface area contributed by atoms with Crippen molar-refractivity contribution in [3.63, 3.8) is 0 Å². The fourth-order valence-electron chi connectivity index (χ4n) is 4.95. The molecule has 5 aromatic carbocycles. The average Bonchev–Trinajstić information content (AvgIpc) is 3.16. The van der Waals surface area contributed by atoms with Crippen LogP contribution in [0.15, 0.2) is 143 Å². The number of hydrogen-bond donors (Lipinski definition) is 6. The van der Waals surface area contributed by atoms with Crippen molar-refractivity contribution >= 4 is 90.1 Å². The quantitative estimate of drug-likeness (QED) is 0.0637. The maximum atomic E-state index is 11.4. The Labute approximate surface area is 376 Å². The van der Waals surface area contributed by atoms with Crippen LogP contribution < -0.4 is 91.0 Å². The molecule has 0 amide bonds. The summed E-state index contributed by atoms with van der Waals surface area (Å²) in [6, 6.07) is 36.0. The number of para-hydroxylation sites is 2. The van der Waals surface area contributed by atoms with Gasteiger partial charge in [-0.15, -0.1) is 0 Å². The third kappa shape index (κ3) is 12.4. The Balaban J connectivity index is 0.00000320. The van der Waals surface area contributed by atoms with Gasteiger partial charge in [0.1, 0.15) is 20.2 Å². The summed E-state index contributed by atoms with van der Waals surface area (Å²) in [5.41, 5.74) is 3.53. The molecule has 282 valence electrons. The Morgan fingerprint density at radius 3 is 0.707 bits per heavy atom. The van der Waals surface area contributed by atoms with Crippen molar-refractivity contribution in [1.29, 1.82) is 0 Å². The summed E-state index contributed by atoms with van der Waals surface area (Å²) in [6.07, 6.45) is 0. The van der Waals surface area contributed by atoms with Crippen LogP contribution in [0.3, 0.4) is 0 Å². The van der Waals surface area contributed by atoms with E-state index in [-0.39, 0.29) is 105 Å². The molecule has 0 unspecified atom stereocenters. The summed E-state index contributed by atoms with van der Waals surface area (Å²) in [5.74, 6) is 1.01. The molecule has 0 aliphatic rings. The molecule has 7 aromatic rings. The molecule has 0 saturated heterocycles. The van der Waals surface area contributed by atoms with Crippen LogP contribution in [0.2, 0.25) is 0 Å². The molecule has 58 heavy (non-hydrogen) atoms. The molecule has 7 rings (SSSR count). The molecule has 0 radical (unpaired) electrons. The molecule has 0 fully saturated rings. The molecule has 22 heteroatoms. The van der Waals surface area contributed by atoms with Crippen molar-refractivity contribution in [3.8, 4) is 0 Å². The second-order valence-electron chi connectivity index (χ2n) is 11.6. The first-order chi connectivity index (χ1) is 26.9. The molecule has 6 N–H and O–H groups in total. The van der Waals surface area contributed by atoms with Crippen molar-refractivity contribution < 1.29 is 85.1 Å². The van der Waals surface area contributed by atoms with Gasteiger partial charge in [-0.1, -0.05) is 36.4 Å². The number of aromatic nitrogens is 6. The zero-order chi connectivity index (χ0) is 39.1. The predicted molar refractivity (Wildman–Crippen MR) is 207 cm³/mol. The van der Waals surface area contributed by atoms with Crippen LogP contribution in [0.1, 0.15) is 0 Å². The molecule has 0 aliphatic carbocycles. The van der Waals surface area contributed by atoms with Crippen LogP contribution in [-0.4, -0.2) is 55.8 Å². The van der Waals surface area contributed by atoms with E-state index < -0.39 is 20.2 Å². The van der Waals surface area contributed by atoms with Crippen LogP contribution in [0.5, 0.6) is 0 Å². The van der Waals surface area contributed by atoms with Gasteiger partial charge in [-0.05, 0) is 97.1 Å². The minimum Gasteiger partial charge on any atom is -0.744 e. The Hall–Kier alpha value is -5.26. The fraction of sp³-hybridized carbons (Fsp3) is 0. The van der Waals surface area contributed by atoms with E-state index >= 15 is 0 Å². The van der Waals surface area contributed by atoms with Crippen LogP contribution >= 0.6 is 0 Å². The first kappa shape index (κ1) is 43.9. The topological polar surface area (TPSA) is 264 Å². The van der Waals surface area contributed by atoms with Gasteiger partial charge < -0.3 is 41.0 Å². The number of rotatable bonds is 14. The molecule has 2 heterocycles. The Morgan fingerprint density at radius 2 is 0.500 bits per heavy atom. The zero-order valence-corrected chi connectivity index (χ0v) is 36.3.